The number of sulfone groups is 1. The molecule has 0 amide bonds. The first kappa shape index (κ1) is 32.5. The molecular weight excluding hydrogens is 606 g/mol. The van der Waals surface area contributed by atoms with Crippen molar-refractivity contribution in [2.24, 2.45) is 0 Å². The van der Waals surface area contributed by atoms with E-state index in [0.29, 0.717) is 44.7 Å². The van der Waals surface area contributed by atoms with Crippen molar-refractivity contribution in [3.8, 4) is 17.0 Å². The molecule has 1 unspecified atom stereocenters. The topological polar surface area (TPSA) is 155 Å². The zero-order chi connectivity index (χ0) is 31.4. The maximum absolute atomic E-state index is 13.5. The van der Waals surface area contributed by atoms with Gasteiger partial charge in [-0.2, -0.15) is 4.31 Å². The summed E-state index contributed by atoms with van der Waals surface area (Å²) in [4.78, 5) is 4.82. The highest BCUT2D eigenvalue weighted by Gasteiger charge is 2.44. The molecule has 1 aromatic heterocycles. The van der Waals surface area contributed by atoms with E-state index in [0.717, 1.165) is 17.0 Å². The summed E-state index contributed by atoms with van der Waals surface area (Å²) >= 11 is 0. The monoisotopic (exact) mass is 645 g/mol. The van der Waals surface area contributed by atoms with Gasteiger partial charge in [-0.3, -0.25) is 4.98 Å². The maximum atomic E-state index is 13.5. The van der Waals surface area contributed by atoms with Crippen LogP contribution in [0.15, 0.2) is 76.5 Å². The Bertz CT molecular complexity index is 1660. The molecule has 0 radical (unpaired) electrons. The summed E-state index contributed by atoms with van der Waals surface area (Å²) in [6.45, 7) is 2.80. The normalized spacial score (nSPS) is 19.7. The number of nitrogens with one attached hydrogen (secondary N) is 1. The predicted molar refractivity (Wildman–Crippen MR) is 165 cm³/mol. The minimum atomic E-state index is -3.68. The molecule has 0 saturated carbocycles. The van der Waals surface area contributed by atoms with Crippen LogP contribution in [0.4, 0.5) is 0 Å². The Kier molecular flexibility index (Phi) is 10.0. The van der Waals surface area contributed by atoms with E-state index in [1.807, 2.05) is 31.2 Å². The van der Waals surface area contributed by atoms with Crippen molar-refractivity contribution in [3.05, 3.63) is 72.4 Å². The summed E-state index contributed by atoms with van der Waals surface area (Å²) in [5.41, 5.74) is 1.93. The molecule has 238 valence electrons. The van der Waals surface area contributed by atoms with E-state index < -0.39 is 38.2 Å². The molecule has 2 aromatic carbocycles. The van der Waals surface area contributed by atoms with Crippen molar-refractivity contribution in [1.82, 2.24) is 14.6 Å². The SMILES string of the molecule is Cc1cccc(-c2cccc(S(=O)(=O)N3CCC4(CC3)C[C@@H](NCC(O)COc3cccc(S(=O)(=O)CCO)c3)CO4)c2)n1. The molecule has 2 atom stereocenters. The van der Waals surface area contributed by atoms with Crippen molar-refractivity contribution < 1.29 is 36.5 Å². The molecule has 0 aliphatic carbocycles. The molecule has 3 aromatic rings. The van der Waals surface area contributed by atoms with Gasteiger partial charge in [0.25, 0.3) is 0 Å². The number of sulfonamides is 1. The van der Waals surface area contributed by atoms with Crippen LogP contribution in [0.1, 0.15) is 25.0 Å². The maximum Gasteiger partial charge on any atom is 0.243 e. The Morgan fingerprint density at radius 1 is 1.05 bits per heavy atom. The third-order valence-corrected chi connectivity index (χ3v) is 11.7. The number of aliphatic hydroxyl groups excluding tert-OH is 2. The molecule has 2 aliphatic rings. The van der Waals surface area contributed by atoms with E-state index in [4.69, 9.17) is 14.6 Å². The van der Waals surface area contributed by atoms with Gasteiger partial charge in [-0.1, -0.05) is 24.3 Å². The highest BCUT2D eigenvalue weighted by atomic mass is 32.2. The fourth-order valence-electron chi connectivity index (χ4n) is 5.68. The smallest absolute Gasteiger partial charge is 0.243 e. The van der Waals surface area contributed by atoms with Gasteiger partial charge in [0.05, 0.1) is 40.1 Å². The number of ether oxygens (including phenoxy) is 2. The summed E-state index contributed by atoms with van der Waals surface area (Å²) in [6, 6.07) is 18.5. The van der Waals surface area contributed by atoms with Crippen LogP contribution < -0.4 is 10.1 Å². The number of rotatable bonds is 12. The number of piperidine rings is 1. The standard InChI is InChI=1S/C31H39N3O8S2/c1-23-5-2-10-30(33-23)24-6-3-9-29(17-24)44(39,40)34-13-11-31(12-14-34)19-25(21-42-31)32-20-26(36)22-41-27-7-4-8-28(18-27)43(37,38)16-15-35/h2-10,17-18,25-26,32,35-36H,11-16,19-22H2,1H3/t25-,26?/m1/s1. The molecule has 2 saturated heterocycles. The van der Waals surface area contributed by atoms with E-state index in [1.165, 1.54) is 16.4 Å². The largest absolute Gasteiger partial charge is 0.491 e. The molecule has 5 rings (SSSR count). The first-order valence-electron chi connectivity index (χ1n) is 14.7. The first-order valence-corrected chi connectivity index (χ1v) is 17.8. The molecule has 3 heterocycles. The number of hydrogen-bond acceptors (Lipinski definition) is 10. The molecule has 0 bridgehead atoms. The van der Waals surface area contributed by atoms with Gasteiger partial charge in [-0.05, 0) is 68.7 Å². The Morgan fingerprint density at radius 2 is 1.77 bits per heavy atom. The quantitative estimate of drug-likeness (QED) is 0.267. The lowest BCUT2D eigenvalue weighted by atomic mass is 9.88. The van der Waals surface area contributed by atoms with E-state index >= 15 is 0 Å². The number of nitrogens with zero attached hydrogens (tertiary/aromatic N) is 2. The fraction of sp³-hybridized carbons (Fsp3) is 0.452. The van der Waals surface area contributed by atoms with Crippen LogP contribution in [0.25, 0.3) is 11.3 Å². The van der Waals surface area contributed by atoms with Crippen LogP contribution in [-0.4, -0.2) is 99.3 Å². The molecular formula is C31H39N3O8S2. The lowest BCUT2D eigenvalue weighted by Crippen LogP contribution is -2.47. The van der Waals surface area contributed by atoms with E-state index in [-0.39, 0.29) is 34.7 Å². The van der Waals surface area contributed by atoms with E-state index in [2.05, 4.69) is 10.3 Å². The van der Waals surface area contributed by atoms with Crippen molar-refractivity contribution >= 4 is 19.9 Å². The van der Waals surface area contributed by atoms with Crippen molar-refractivity contribution in [2.75, 3.05) is 45.2 Å². The highest BCUT2D eigenvalue weighted by Crippen LogP contribution is 2.37. The number of aryl methyl sites for hydroxylation is 1. The Balaban J connectivity index is 1.10. The van der Waals surface area contributed by atoms with E-state index in [9.17, 15) is 21.9 Å². The third-order valence-electron chi connectivity index (χ3n) is 8.11. The van der Waals surface area contributed by atoms with Crippen LogP contribution in [-0.2, 0) is 24.6 Å². The van der Waals surface area contributed by atoms with Crippen molar-refractivity contribution in [1.29, 1.82) is 0 Å². The average molecular weight is 646 g/mol. The zero-order valence-electron chi connectivity index (χ0n) is 24.6. The zero-order valence-corrected chi connectivity index (χ0v) is 26.3. The van der Waals surface area contributed by atoms with Gasteiger partial charge in [0.2, 0.25) is 10.0 Å². The summed E-state index contributed by atoms with van der Waals surface area (Å²) in [5, 5.41) is 22.8. The van der Waals surface area contributed by atoms with Gasteiger partial charge in [0.1, 0.15) is 18.5 Å². The lowest BCUT2D eigenvalue weighted by Gasteiger charge is -2.38. The van der Waals surface area contributed by atoms with Gasteiger partial charge in [0, 0.05) is 36.9 Å². The van der Waals surface area contributed by atoms with Crippen molar-refractivity contribution in [2.45, 2.75) is 53.7 Å². The number of aliphatic hydroxyl groups is 2. The Hall–Kier alpha value is -2.91. The molecule has 2 fully saturated rings. The molecule has 13 heteroatoms. The number of hydrogen-bond donors (Lipinski definition) is 3. The molecule has 1 spiro atoms. The fourth-order valence-corrected chi connectivity index (χ4v) is 8.22. The van der Waals surface area contributed by atoms with Crippen LogP contribution >= 0.6 is 0 Å². The molecule has 3 N–H and O–H groups in total. The molecule has 2 aliphatic heterocycles. The first-order chi connectivity index (χ1) is 21.0. The summed E-state index contributed by atoms with van der Waals surface area (Å²) in [5.74, 6) is -0.0614. The van der Waals surface area contributed by atoms with Gasteiger partial charge >= 0.3 is 0 Å². The van der Waals surface area contributed by atoms with Crippen LogP contribution in [0.3, 0.4) is 0 Å². The van der Waals surface area contributed by atoms with Gasteiger partial charge < -0.3 is 25.0 Å². The summed E-state index contributed by atoms with van der Waals surface area (Å²) in [7, 11) is -7.29. The highest BCUT2D eigenvalue weighted by molar-refractivity contribution is 7.91. The average Bonchev–Trinajstić information content (AvgIpc) is 3.41. The number of benzene rings is 2. The van der Waals surface area contributed by atoms with Gasteiger partial charge in [0.15, 0.2) is 9.84 Å². The minimum absolute atomic E-state index is 0.00160. The Labute approximate surface area is 258 Å². The summed E-state index contributed by atoms with van der Waals surface area (Å²) in [6.07, 6.45) is 1.01. The van der Waals surface area contributed by atoms with Crippen molar-refractivity contribution in [3.63, 3.8) is 0 Å². The Morgan fingerprint density at radius 3 is 2.52 bits per heavy atom. The number of aromatic nitrogens is 1. The van der Waals surface area contributed by atoms with Gasteiger partial charge in [-0.15, -0.1) is 0 Å². The molecule has 11 nitrogen and oxygen atoms in total. The second-order valence-corrected chi connectivity index (χ2v) is 15.4. The third kappa shape index (κ3) is 7.65. The summed E-state index contributed by atoms with van der Waals surface area (Å²) < 4.78 is 64.7. The minimum Gasteiger partial charge on any atom is -0.491 e. The second kappa shape index (κ2) is 13.6. The number of pyridine rings is 1. The van der Waals surface area contributed by atoms with Crippen LogP contribution in [0.5, 0.6) is 5.75 Å². The van der Waals surface area contributed by atoms with Crippen LogP contribution in [0.2, 0.25) is 0 Å². The second-order valence-electron chi connectivity index (χ2n) is 11.4. The van der Waals surface area contributed by atoms with Gasteiger partial charge in [-0.25, -0.2) is 16.8 Å². The van der Waals surface area contributed by atoms with E-state index in [1.54, 1.807) is 30.3 Å². The van der Waals surface area contributed by atoms with Crippen LogP contribution in [0, 0.1) is 6.92 Å². The molecule has 44 heavy (non-hydrogen) atoms. The predicted octanol–water partition coefficient (Wildman–Crippen LogP) is 2.16. The lowest BCUT2D eigenvalue weighted by molar-refractivity contribution is -0.0312.